The molecule has 0 aliphatic carbocycles. The Hall–Kier alpha value is -1.76. The monoisotopic (exact) mass is 304 g/mol. The highest BCUT2D eigenvalue weighted by Crippen LogP contribution is 2.15. The van der Waals surface area contributed by atoms with Gasteiger partial charge in [0.15, 0.2) is 0 Å². The third kappa shape index (κ3) is 6.99. The van der Waals surface area contributed by atoms with Crippen molar-refractivity contribution in [1.82, 2.24) is 4.90 Å². The smallest absolute Gasteiger partial charge is 0.399 e. The quantitative estimate of drug-likeness (QED) is 0.622. The van der Waals surface area contributed by atoms with E-state index in [4.69, 9.17) is 5.73 Å². The molecule has 1 aromatic rings. The fraction of sp³-hybridized carbons (Fsp3) is 0.500. The molecule has 0 aliphatic heterocycles. The van der Waals surface area contributed by atoms with Crippen LogP contribution in [0.3, 0.4) is 0 Å². The predicted octanol–water partition coefficient (Wildman–Crippen LogP) is 2.59. The predicted molar refractivity (Wildman–Crippen MR) is 73.4 cm³/mol. The largest absolute Gasteiger partial charge is 0.411 e. The number of carbonyl (C=O) groups is 1. The number of nitrogen functional groups attached to an aromatic ring is 1. The minimum atomic E-state index is -4.37. The van der Waals surface area contributed by atoms with E-state index in [9.17, 15) is 18.0 Å². The summed E-state index contributed by atoms with van der Waals surface area (Å²) in [4.78, 5) is 13.5. The number of hydrogen-bond acceptors (Lipinski definition) is 3. The number of hydrogen-bond donors (Lipinski definition) is 1. The number of alkyl halides is 3. The van der Waals surface area contributed by atoms with Gasteiger partial charge in [-0.2, -0.15) is 13.2 Å². The Morgan fingerprint density at radius 1 is 1.38 bits per heavy atom. The zero-order valence-corrected chi connectivity index (χ0v) is 11.8. The average Bonchev–Trinajstić information content (AvgIpc) is 2.39. The van der Waals surface area contributed by atoms with Crippen LogP contribution in [0.25, 0.3) is 0 Å². The summed E-state index contributed by atoms with van der Waals surface area (Å²) < 4.78 is 40.1. The van der Waals surface area contributed by atoms with Gasteiger partial charge in [0.1, 0.15) is 6.61 Å². The van der Waals surface area contributed by atoms with E-state index in [1.165, 1.54) is 0 Å². The van der Waals surface area contributed by atoms with Crippen molar-refractivity contribution in [3.8, 4) is 0 Å². The summed E-state index contributed by atoms with van der Waals surface area (Å²) in [5.74, 6) is -0.248. The first-order valence-electron chi connectivity index (χ1n) is 6.58. The molecule has 0 saturated carbocycles. The number of benzene rings is 1. The molecule has 0 atom stereocenters. The van der Waals surface area contributed by atoms with Crippen LogP contribution in [0, 0.1) is 0 Å². The molecule has 0 unspecified atom stereocenters. The van der Waals surface area contributed by atoms with E-state index in [0.717, 1.165) is 5.56 Å². The Bertz CT molecular complexity index is 464. The van der Waals surface area contributed by atoms with Crippen molar-refractivity contribution in [2.75, 3.05) is 25.5 Å². The first-order chi connectivity index (χ1) is 9.81. The van der Waals surface area contributed by atoms with Crippen LogP contribution in [0.2, 0.25) is 0 Å². The molecule has 1 amide bonds. The Morgan fingerprint density at radius 2 is 2.10 bits per heavy atom. The Labute approximate surface area is 121 Å². The van der Waals surface area contributed by atoms with Crippen molar-refractivity contribution in [2.24, 2.45) is 0 Å². The van der Waals surface area contributed by atoms with Crippen LogP contribution in [-0.4, -0.2) is 36.7 Å². The number of rotatable bonds is 7. The maximum atomic E-state index is 11.9. The van der Waals surface area contributed by atoms with Crippen LogP contribution in [0.5, 0.6) is 0 Å². The minimum absolute atomic E-state index is 0.0771. The van der Waals surface area contributed by atoms with Crippen molar-refractivity contribution < 1.29 is 22.7 Å². The lowest BCUT2D eigenvalue weighted by atomic mass is 10.2. The minimum Gasteiger partial charge on any atom is -0.399 e. The molecule has 21 heavy (non-hydrogen) atoms. The molecule has 0 aromatic heterocycles. The summed E-state index contributed by atoms with van der Waals surface area (Å²) >= 11 is 0. The highest BCUT2D eigenvalue weighted by Gasteiger charge is 2.27. The Morgan fingerprint density at radius 3 is 2.67 bits per heavy atom. The summed E-state index contributed by atoms with van der Waals surface area (Å²) in [6.45, 7) is 1.07. The second kappa shape index (κ2) is 7.87. The zero-order chi connectivity index (χ0) is 15.9. The molecule has 0 spiro atoms. The second-order valence-corrected chi connectivity index (χ2v) is 4.57. The number of halogens is 3. The normalized spacial score (nSPS) is 11.4. The summed E-state index contributed by atoms with van der Waals surface area (Å²) in [6.07, 6.45) is -4.44. The average molecular weight is 304 g/mol. The SMILES string of the molecule is CCN(Cc1cccc(N)c1)C(=O)CCOCC(F)(F)F. The Kier molecular flexibility index (Phi) is 6.48. The molecule has 0 heterocycles. The van der Waals surface area contributed by atoms with Crippen molar-refractivity contribution in [3.63, 3.8) is 0 Å². The lowest BCUT2D eigenvalue weighted by molar-refractivity contribution is -0.175. The van der Waals surface area contributed by atoms with Crippen molar-refractivity contribution in [2.45, 2.75) is 26.1 Å². The zero-order valence-electron chi connectivity index (χ0n) is 11.8. The van der Waals surface area contributed by atoms with Gasteiger partial charge in [-0.15, -0.1) is 0 Å². The molecule has 0 fully saturated rings. The molecule has 4 nitrogen and oxygen atoms in total. The number of anilines is 1. The molecule has 0 saturated heterocycles. The van der Waals surface area contributed by atoms with Crippen molar-refractivity contribution in [1.29, 1.82) is 0 Å². The number of nitrogens with two attached hydrogens (primary N) is 1. The van der Waals surface area contributed by atoms with E-state index in [1.54, 1.807) is 30.0 Å². The van der Waals surface area contributed by atoms with Crippen molar-refractivity contribution in [3.05, 3.63) is 29.8 Å². The second-order valence-electron chi connectivity index (χ2n) is 4.57. The van der Waals surface area contributed by atoms with Gasteiger partial charge in [0.25, 0.3) is 0 Å². The van der Waals surface area contributed by atoms with Gasteiger partial charge in [0.2, 0.25) is 5.91 Å². The maximum absolute atomic E-state index is 11.9. The van der Waals surface area contributed by atoms with Gasteiger partial charge in [-0.05, 0) is 24.6 Å². The highest BCUT2D eigenvalue weighted by molar-refractivity contribution is 5.76. The maximum Gasteiger partial charge on any atom is 0.411 e. The van der Waals surface area contributed by atoms with E-state index < -0.39 is 12.8 Å². The van der Waals surface area contributed by atoms with Gasteiger partial charge in [-0.1, -0.05) is 12.1 Å². The molecular weight excluding hydrogens is 285 g/mol. The fourth-order valence-electron chi connectivity index (χ4n) is 1.79. The van der Waals surface area contributed by atoms with Gasteiger partial charge < -0.3 is 15.4 Å². The lowest BCUT2D eigenvalue weighted by Gasteiger charge is -2.21. The molecule has 0 radical (unpaired) electrons. The highest BCUT2D eigenvalue weighted by atomic mass is 19.4. The van der Waals surface area contributed by atoms with Gasteiger partial charge in [0, 0.05) is 18.8 Å². The molecular formula is C14H19F3N2O2. The van der Waals surface area contributed by atoms with E-state index >= 15 is 0 Å². The van der Waals surface area contributed by atoms with Gasteiger partial charge >= 0.3 is 6.18 Å². The fourth-order valence-corrected chi connectivity index (χ4v) is 1.79. The molecule has 2 N–H and O–H groups in total. The van der Waals surface area contributed by atoms with Crippen LogP contribution >= 0.6 is 0 Å². The molecule has 118 valence electrons. The molecule has 0 bridgehead atoms. The van der Waals surface area contributed by atoms with E-state index in [2.05, 4.69) is 4.74 Å². The number of amides is 1. The molecule has 0 aliphatic rings. The number of ether oxygens (including phenoxy) is 1. The third-order valence-electron chi connectivity index (χ3n) is 2.78. The van der Waals surface area contributed by atoms with Crippen LogP contribution < -0.4 is 5.73 Å². The summed E-state index contributed by atoms with van der Waals surface area (Å²) in [5.41, 5.74) is 7.14. The first-order valence-corrected chi connectivity index (χ1v) is 6.58. The Balaban J connectivity index is 2.43. The topological polar surface area (TPSA) is 55.6 Å². The van der Waals surface area contributed by atoms with Crippen LogP contribution in [0.15, 0.2) is 24.3 Å². The van der Waals surface area contributed by atoms with Crippen LogP contribution in [-0.2, 0) is 16.1 Å². The van der Waals surface area contributed by atoms with E-state index in [-0.39, 0.29) is 18.9 Å². The van der Waals surface area contributed by atoms with E-state index in [1.807, 2.05) is 6.07 Å². The van der Waals surface area contributed by atoms with Crippen molar-refractivity contribution >= 4 is 11.6 Å². The first kappa shape index (κ1) is 17.3. The summed E-state index contributed by atoms with van der Waals surface area (Å²) in [5, 5.41) is 0. The third-order valence-corrected chi connectivity index (χ3v) is 2.78. The molecule has 1 rings (SSSR count). The number of carbonyl (C=O) groups excluding carboxylic acids is 1. The van der Waals surface area contributed by atoms with Crippen LogP contribution in [0.4, 0.5) is 18.9 Å². The van der Waals surface area contributed by atoms with Crippen LogP contribution in [0.1, 0.15) is 18.9 Å². The number of nitrogens with zero attached hydrogens (tertiary/aromatic N) is 1. The molecule has 7 heteroatoms. The standard InChI is InChI=1S/C14H19F3N2O2/c1-2-19(9-11-4-3-5-12(18)8-11)13(20)6-7-21-10-14(15,16)17/h3-5,8H,2,6-7,9-10,18H2,1H3. The molecule has 1 aromatic carbocycles. The van der Waals surface area contributed by atoms with E-state index in [0.29, 0.717) is 18.8 Å². The van der Waals surface area contributed by atoms with Gasteiger partial charge in [-0.25, -0.2) is 0 Å². The summed E-state index contributed by atoms with van der Waals surface area (Å²) in [6, 6.07) is 7.13. The summed E-state index contributed by atoms with van der Waals surface area (Å²) in [7, 11) is 0. The van der Waals surface area contributed by atoms with Gasteiger partial charge in [0.05, 0.1) is 13.0 Å². The van der Waals surface area contributed by atoms with Gasteiger partial charge in [-0.3, -0.25) is 4.79 Å². The lowest BCUT2D eigenvalue weighted by Crippen LogP contribution is -2.31.